The molecule has 0 aromatic rings. The number of methoxy groups -OCH3 is 1. The molecule has 0 bridgehead atoms. The normalized spacial score (nSPS) is 29.1. The van der Waals surface area contributed by atoms with Crippen LogP contribution in [0, 0.1) is 0 Å². The van der Waals surface area contributed by atoms with Crippen LogP contribution in [0.2, 0.25) is 0 Å². The van der Waals surface area contributed by atoms with Gasteiger partial charge in [-0.05, 0) is 26.7 Å². The Kier molecular flexibility index (Phi) is 4.88. The maximum Gasteiger partial charge on any atom is 0.0855 e. The molecule has 0 amide bonds. The molecular weight excluding hydrogens is 244 g/mol. The van der Waals surface area contributed by atoms with Crippen molar-refractivity contribution in [3.8, 4) is 0 Å². The van der Waals surface area contributed by atoms with Crippen molar-refractivity contribution in [3.63, 3.8) is 0 Å². The van der Waals surface area contributed by atoms with Crippen molar-refractivity contribution < 1.29 is 9.47 Å². The van der Waals surface area contributed by atoms with Gasteiger partial charge in [0, 0.05) is 11.9 Å². The van der Waals surface area contributed by atoms with Gasteiger partial charge in [0.25, 0.3) is 0 Å². The zero-order valence-corrected chi connectivity index (χ0v) is 11.0. The lowest BCUT2D eigenvalue weighted by Crippen LogP contribution is -2.36. The quantitative estimate of drug-likeness (QED) is 0.727. The van der Waals surface area contributed by atoms with Crippen LogP contribution < -0.4 is 0 Å². The largest absolute Gasteiger partial charge is 0.376 e. The van der Waals surface area contributed by atoms with E-state index >= 15 is 0 Å². The van der Waals surface area contributed by atoms with E-state index in [0.717, 1.165) is 0 Å². The molecule has 0 radical (unpaired) electrons. The van der Waals surface area contributed by atoms with E-state index in [9.17, 15) is 0 Å². The van der Waals surface area contributed by atoms with E-state index in [0.29, 0.717) is 17.5 Å². The Bertz CT molecular complexity index is 171. The summed E-state index contributed by atoms with van der Waals surface area (Å²) in [5, 5.41) is 0. The molecule has 0 aliphatic heterocycles. The van der Waals surface area contributed by atoms with E-state index < -0.39 is 0 Å². The summed E-state index contributed by atoms with van der Waals surface area (Å²) < 4.78 is 11.2. The summed E-state index contributed by atoms with van der Waals surface area (Å²) in [6.07, 6.45) is 5.40. The van der Waals surface area contributed by atoms with E-state index in [1.165, 1.54) is 25.7 Å². The maximum absolute atomic E-state index is 5.88. The molecule has 1 saturated carbocycles. The molecule has 1 rings (SSSR count). The first-order valence-electron chi connectivity index (χ1n) is 5.36. The molecule has 3 heteroatoms. The van der Waals surface area contributed by atoms with Gasteiger partial charge >= 0.3 is 0 Å². The Morgan fingerprint density at radius 3 is 2.50 bits per heavy atom. The van der Waals surface area contributed by atoms with Crippen LogP contribution in [0.1, 0.15) is 39.5 Å². The summed E-state index contributed by atoms with van der Waals surface area (Å²) in [6, 6.07) is 0. The molecule has 14 heavy (non-hydrogen) atoms. The van der Waals surface area contributed by atoms with Gasteiger partial charge in [-0.15, -0.1) is 0 Å². The fraction of sp³-hybridized carbons (Fsp3) is 1.00. The lowest BCUT2D eigenvalue weighted by molar-refractivity contribution is -0.0799. The van der Waals surface area contributed by atoms with E-state index in [2.05, 4.69) is 29.8 Å². The Hall–Kier alpha value is 0.400. The third-order valence-electron chi connectivity index (χ3n) is 2.82. The van der Waals surface area contributed by atoms with Gasteiger partial charge in [-0.3, -0.25) is 0 Å². The van der Waals surface area contributed by atoms with Gasteiger partial charge in [-0.25, -0.2) is 0 Å². The first kappa shape index (κ1) is 12.5. The smallest absolute Gasteiger partial charge is 0.0855 e. The average molecular weight is 265 g/mol. The first-order chi connectivity index (χ1) is 6.55. The number of rotatable bonds is 4. The van der Waals surface area contributed by atoms with Crippen LogP contribution in [0.4, 0.5) is 0 Å². The van der Waals surface area contributed by atoms with Crippen molar-refractivity contribution in [1.29, 1.82) is 0 Å². The maximum atomic E-state index is 5.88. The highest BCUT2D eigenvalue weighted by Gasteiger charge is 2.26. The Balaban J connectivity index is 2.29. The van der Waals surface area contributed by atoms with Gasteiger partial charge < -0.3 is 9.47 Å². The summed E-state index contributed by atoms with van der Waals surface area (Å²) in [5.41, 5.74) is -0.163. The molecule has 0 aromatic carbocycles. The molecule has 1 aliphatic carbocycles. The Labute approximate surface area is 95.5 Å². The molecule has 2 atom stereocenters. The molecular formula is C11H21BrO2. The molecule has 0 saturated heterocycles. The monoisotopic (exact) mass is 264 g/mol. The third kappa shape index (κ3) is 3.87. The number of halogens is 1. The van der Waals surface area contributed by atoms with Gasteiger partial charge in [0.1, 0.15) is 0 Å². The fourth-order valence-corrected chi connectivity index (χ4v) is 2.35. The fourth-order valence-electron chi connectivity index (χ4n) is 1.61. The van der Waals surface area contributed by atoms with Crippen molar-refractivity contribution in [3.05, 3.63) is 0 Å². The topological polar surface area (TPSA) is 18.5 Å². The summed E-state index contributed by atoms with van der Waals surface area (Å²) in [5.74, 6) is 0. The zero-order chi connectivity index (χ0) is 10.6. The van der Waals surface area contributed by atoms with E-state index in [4.69, 9.17) is 9.47 Å². The van der Waals surface area contributed by atoms with Crippen molar-refractivity contribution in [1.82, 2.24) is 0 Å². The van der Waals surface area contributed by atoms with E-state index in [1.54, 1.807) is 7.11 Å². The molecule has 0 aromatic heterocycles. The molecule has 0 spiro atoms. The van der Waals surface area contributed by atoms with Gasteiger partial charge in [0.15, 0.2) is 0 Å². The number of hydrogen-bond acceptors (Lipinski definition) is 2. The molecule has 0 heterocycles. The minimum atomic E-state index is -0.163. The lowest BCUT2D eigenvalue weighted by atomic mass is 9.97. The molecule has 84 valence electrons. The second-order valence-corrected chi connectivity index (χ2v) is 5.79. The number of ether oxygens (including phenoxy) is 2. The highest BCUT2D eigenvalue weighted by atomic mass is 79.9. The molecule has 1 aliphatic rings. The number of alkyl halides is 1. The highest BCUT2D eigenvalue weighted by molar-refractivity contribution is 9.09. The predicted molar refractivity (Wildman–Crippen MR) is 62.0 cm³/mol. The lowest BCUT2D eigenvalue weighted by Gasteiger charge is -2.31. The first-order valence-corrected chi connectivity index (χ1v) is 6.27. The third-order valence-corrected chi connectivity index (χ3v) is 3.87. The summed E-state index contributed by atoms with van der Waals surface area (Å²) in [4.78, 5) is 0.531. The molecule has 1 fully saturated rings. The van der Waals surface area contributed by atoms with Gasteiger partial charge in [0.05, 0.1) is 18.3 Å². The predicted octanol–water partition coefficient (Wildman–Crippen LogP) is 3.13. The van der Waals surface area contributed by atoms with Crippen LogP contribution in [-0.4, -0.2) is 30.2 Å². The second-order valence-electron chi connectivity index (χ2n) is 4.61. The van der Waals surface area contributed by atoms with Crippen LogP contribution in [0.15, 0.2) is 0 Å². The Morgan fingerprint density at radius 2 is 1.93 bits per heavy atom. The minimum absolute atomic E-state index is 0.163. The molecule has 2 unspecified atom stereocenters. The number of hydrogen-bond donors (Lipinski definition) is 0. The van der Waals surface area contributed by atoms with Crippen LogP contribution in [0.25, 0.3) is 0 Å². The second kappa shape index (κ2) is 5.47. The van der Waals surface area contributed by atoms with Crippen molar-refractivity contribution in [2.75, 3.05) is 13.7 Å². The van der Waals surface area contributed by atoms with E-state index in [-0.39, 0.29) is 5.60 Å². The SMILES string of the molecule is COC(C)(C)COC1CCCCC1Br. The van der Waals surface area contributed by atoms with Crippen molar-refractivity contribution in [2.45, 2.75) is 56.1 Å². The molecule has 0 N–H and O–H groups in total. The summed E-state index contributed by atoms with van der Waals surface area (Å²) >= 11 is 3.68. The van der Waals surface area contributed by atoms with Gasteiger partial charge in [-0.2, -0.15) is 0 Å². The molecule has 2 nitrogen and oxygen atoms in total. The summed E-state index contributed by atoms with van der Waals surface area (Å²) in [7, 11) is 1.73. The van der Waals surface area contributed by atoms with Crippen LogP contribution in [-0.2, 0) is 9.47 Å². The standard InChI is InChI=1S/C11H21BrO2/c1-11(2,13-3)8-14-10-7-5-4-6-9(10)12/h9-10H,4-8H2,1-3H3. The van der Waals surface area contributed by atoms with Crippen LogP contribution in [0.3, 0.4) is 0 Å². The Morgan fingerprint density at radius 1 is 1.29 bits per heavy atom. The average Bonchev–Trinajstić information content (AvgIpc) is 2.17. The van der Waals surface area contributed by atoms with Crippen molar-refractivity contribution >= 4 is 15.9 Å². The minimum Gasteiger partial charge on any atom is -0.376 e. The van der Waals surface area contributed by atoms with Gasteiger partial charge in [-0.1, -0.05) is 28.8 Å². The highest BCUT2D eigenvalue weighted by Crippen LogP contribution is 2.27. The van der Waals surface area contributed by atoms with Crippen LogP contribution in [0.5, 0.6) is 0 Å². The van der Waals surface area contributed by atoms with Gasteiger partial charge in [0.2, 0.25) is 0 Å². The zero-order valence-electron chi connectivity index (χ0n) is 9.38. The summed E-state index contributed by atoms with van der Waals surface area (Å²) in [6.45, 7) is 4.79. The van der Waals surface area contributed by atoms with Crippen molar-refractivity contribution in [2.24, 2.45) is 0 Å². The van der Waals surface area contributed by atoms with E-state index in [1.807, 2.05) is 0 Å². The van der Waals surface area contributed by atoms with Crippen LogP contribution >= 0.6 is 15.9 Å².